The first-order chi connectivity index (χ1) is 7.15. The van der Waals surface area contributed by atoms with Crippen molar-refractivity contribution in [3.8, 4) is 0 Å². The summed E-state index contributed by atoms with van der Waals surface area (Å²) < 4.78 is 0. The maximum atomic E-state index is 5.92. The number of halogens is 1. The summed E-state index contributed by atoms with van der Waals surface area (Å²) in [6.45, 7) is 5.24. The van der Waals surface area contributed by atoms with Crippen molar-refractivity contribution >= 4 is 11.6 Å². The van der Waals surface area contributed by atoms with Crippen molar-refractivity contribution in [2.24, 2.45) is 5.73 Å². The normalized spacial score (nSPS) is 22.2. The van der Waals surface area contributed by atoms with Crippen LogP contribution >= 0.6 is 11.6 Å². The Morgan fingerprint density at radius 1 is 1.53 bits per heavy atom. The fraction of sp³-hybridized carbons (Fsp3) is 0.500. The lowest BCUT2D eigenvalue weighted by atomic mass is 10.1. The zero-order chi connectivity index (χ0) is 10.8. The molecule has 1 aromatic carbocycles. The molecule has 1 fully saturated rings. The van der Waals surface area contributed by atoms with Gasteiger partial charge in [0.2, 0.25) is 0 Å². The van der Waals surface area contributed by atoms with Gasteiger partial charge in [0.25, 0.3) is 0 Å². The summed E-state index contributed by atoms with van der Waals surface area (Å²) in [7, 11) is 0. The van der Waals surface area contributed by atoms with Gasteiger partial charge in [-0.1, -0.05) is 17.7 Å². The van der Waals surface area contributed by atoms with Crippen molar-refractivity contribution in [2.45, 2.75) is 25.9 Å². The van der Waals surface area contributed by atoms with Crippen LogP contribution in [0.4, 0.5) is 0 Å². The number of benzene rings is 1. The van der Waals surface area contributed by atoms with Gasteiger partial charge < -0.3 is 5.73 Å². The Morgan fingerprint density at radius 3 is 2.93 bits per heavy atom. The smallest absolute Gasteiger partial charge is 0.0408 e. The number of aryl methyl sites for hydroxylation is 1. The van der Waals surface area contributed by atoms with Gasteiger partial charge in [0.15, 0.2) is 0 Å². The third kappa shape index (κ3) is 2.71. The number of hydrogen-bond donors (Lipinski definition) is 1. The van der Waals surface area contributed by atoms with Crippen molar-refractivity contribution in [1.82, 2.24) is 4.90 Å². The van der Waals surface area contributed by atoms with Crippen LogP contribution < -0.4 is 5.73 Å². The van der Waals surface area contributed by atoms with Crippen LogP contribution in [-0.4, -0.2) is 24.0 Å². The largest absolute Gasteiger partial charge is 0.326 e. The van der Waals surface area contributed by atoms with E-state index in [4.69, 9.17) is 17.3 Å². The standard InChI is InChI=1S/C12H17ClN2/c1-9-6-11(13)3-2-10(9)7-15-5-4-12(14)8-15/h2-3,6,12H,4-5,7-8,14H2,1H3. The van der Waals surface area contributed by atoms with Crippen LogP contribution in [0.3, 0.4) is 0 Å². The zero-order valence-electron chi connectivity index (χ0n) is 9.04. The molecular weight excluding hydrogens is 208 g/mol. The Hall–Kier alpha value is -0.570. The van der Waals surface area contributed by atoms with Gasteiger partial charge in [-0.15, -0.1) is 0 Å². The Labute approximate surface area is 96.0 Å². The molecule has 1 atom stereocenters. The van der Waals surface area contributed by atoms with Crippen LogP contribution in [-0.2, 0) is 6.54 Å². The Morgan fingerprint density at radius 2 is 2.33 bits per heavy atom. The van der Waals surface area contributed by atoms with E-state index >= 15 is 0 Å². The van der Waals surface area contributed by atoms with Crippen molar-refractivity contribution in [2.75, 3.05) is 13.1 Å². The van der Waals surface area contributed by atoms with E-state index in [0.717, 1.165) is 31.1 Å². The van der Waals surface area contributed by atoms with Crippen molar-refractivity contribution in [3.63, 3.8) is 0 Å². The lowest BCUT2D eigenvalue weighted by Crippen LogP contribution is -2.26. The van der Waals surface area contributed by atoms with E-state index in [0.29, 0.717) is 6.04 Å². The first-order valence-electron chi connectivity index (χ1n) is 5.38. The first-order valence-corrected chi connectivity index (χ1v) is 5.76. The van der Waals surface area contributed by atoms with E-state index in [1.54, 1.807) is 0 Å². The number of hydrogen-bond acceptors (Lipinski definition) is 2. The van der Waals surface area contributed by atoms with E-state index in [2.05, 4.69) is 17.9 Å². The SMILES string of the molecule is Cc1cc(Cl)ccc1CN1CCC(N)C1. The van der Waals surface area contributed by atoms with Crippen LogP contribution in [0.1, 0.15) is 17.5 Å². The molecular formula is C12H17ClN2. The molecule has 0 amide bonds. The maximum absolute atomic E-state index is 5.92. The average Bonchev–Trinajstić information content (AvgIpc) is 2.56. The second kappa shape index (κ2) is 4.52. The van der Waals surface area contributed by atoms with E-state index in [-0.39, 0.29) is 0 Å². The zero-order valence-corrected chi connectivity index (χ0v) is 9.80. The highest BCUT2D eigenvalue weighted by molar-refractivity contribution is 6.30. The molecule has 1 unspecified atom stereocenters. The molecule has 1 aromatic rings. The van der Waals surface area contributed by atoms with E-state index in [1.807, 2.05) is 12.1 Å². The van der Waals surface area contributed by atoms with Gasteiger partial charge in [-0.25, -0.2) is 0 Å². The summed E-state index contributed by atoms with van der Waals surface area (Å²) >= 11 is 5.92. The van der Waals surface area contributed by atoms with Crippen molar-refractivity contribution in [3.05, 3.63) is 34.3 Å². The van der Waals surface area contributed by atoms with Crippen LogP contribution in [0.25, 0.3) is 0 Å². The van der Waals surface area contributed by atoms with Gasteiger partial charge in [-0.2, -0.15) is 0 Å². The quantitative estimate of drug-likeness (QED) is 0.835. The molecule has 1 saturated heterocycles. The fourth-order valence-corrected chi connectivity index (χ4v) is 2.31. The molecule has 0 aromatic heterocycles. The van der Waals surface area contributed by atoms with E-state index in [9.17, 15) is 0 Å². The van der Waals surface area contributed by atoms with Gasteiger partial charge in [-0.05, 0) is 36.6 Å². The average molecular weight is 225 g/mol. The monoisotopic (exact) mass is 224 g/mol. The summed E-state index contributed by atoms with van der Waals surface area (Å²) in [6, 6.07) is 6.45. The summed E-state index contributed by atoms with van der Waals surface area (Å²) in [4.78, 5) is 2.40. The van der Waals surface area contributed by atoms with Crippen LogP contribution in [0, 0.1) is 6.92 Å². The molecule has 3 heteroatoms. The number of likely N-dealkylation sites (tertiary alicyclic amines) is 1. The third-order valence-electron chi connectivity index (χ3n) is 3.01. The minimum Gasteiger partial charge on any atom is -0.326 e. The highest BCUT2D eigenvalue weighted by Gasteiger charge is 2.19. The Bertz CT molecular complexity index is 351. The van der Waals surface area contributed by atoms with E-state index < -0.39 is 0 Å². The minimum absolute atomic E-state index is 0.359. The maximum Gasteiger partial charge on any atom is 0.0408 e. The Kier molecular flexibility index (Phi) is 3.29. The second-order valence-electron chi connectivity index (χ2n) is 4.35. The third-order valence-corrected chi connectivity index (χ3v) is 3.24. The molecule has 0 aliphatic carbocycles. The van der Waals surface area contributed by atoms with Crippen molar-refractivity contribution < 1.29 is 0 Å². The molecule has 1 aliphatic rings. The summed E-state index contributed by atoms with van der Waals surface area (Å²) in [5.41, 5.74) is 8.50. The molecule has 2 rings (SSSR count). The minimum atomic E-state index is 0.359. The van der Waals surface area contributed by atoms with Gasteiger partial charge in [0, 0.05) is 30.7 Å². The predicted molar refractivity (Wildman–Crippen MR) is 64.1 cm³/mol. The van der Waals surface area contributed by atoms with Crippen LogP contribution in [0.5, 0.6) is 0 Å². The van der Waals surface area contributed by atoms with Gasteiger partial charge in [0.05, 0.1) is 0 Å². The van der Waals surface area contributed by atoms with Crippen molar-refractivity contribution in [1.29, 1.82) is 0 Å². The molecule has 0 spiro atoms. The van der Waals surface area contributed by atoms with Crippen LogP contribution in [0.15, 0.2) is 18.2 Å². The Balaban J connectivity index is 2.04. The summed E-state index contributed by atoms with van der Waals surface area (Å²) in [5.74, 6) is 0. The second-order valence-corrected chi connectivity index (χ2v) is 4.79. The molecule has 0 saturated carbocycles. The molecule has 0 radical (unpaired) electrons. The molecule has 0 bridgehead atoms. The number of nitrogens with two attached hydrogens (primary N) is 1. The van der Waals surface area contributed by atoms with Crippen LogP contribution in [0.2, 0.25) is 5.02 Å². The molecule has 2 nitrogen and oxygen atoms in total. The predicted octanol–water partition coefficient (Wildman–Crippen LogP) is 2.18. The lowest BCUT2D eigenvalue weighted by Gasteiger charge is -2.16. The summed E-state index contributed by atoms with van der Waals surface area (Å²) in [6.07, 6.45) is 1.12. The molecule has 15 heavy (non-hydrogen) atoms. The van der Waals surface area contributed by atoms with Gasteiger partial charge in [-0.3, -0.25) is 4.90 Å². The molecule has 1 aliphatic heterocycles. The fourth-order valence-electron chi connectivity index (χ4n) is 2.08. The number of rotatable bonds is 2. The number of nitrogens with zero attached hydrogens (tertiary/aromatic N) is 1. The van der Waals surface area contributed by atoms with Gasteiger partial charge >= 0.3 is 0 Å². The van der Waals surface area contributed by atoms with Gasteiger partial charge in [0.1, 0.15) is 0 Å². The molecule has 1 heterocycles. The first kappa shape index (κ1) is 10.9. The highest BCUT2D eigenvalue weighted by Crippen LogP contribution is 2.18. The lowest BCUT2D eigenvalue weighted by molar-refractivity contribution is 0.326. The topological polar surface area (TPSA) is 29.3 Å². The highest BCUT2D eigenvalue weighted by atomic mass is 35.5. The molecule has 82 valence electrons. The van der Waals surface area contributed by atoms with E-state index in [1.165, 1.54) is 11.1 Å². The molecule has 2 N–H and O–H groups in total. The summed E-state index contributed by atoms with van der Waals surface area (Å²) in [5, 5.41) is 0.814.